The number of hydrogen-bond donors (Lipinski definition) is 0. The van der Waals surface area contributed by atoms with Gasteiger partial charge in [-0.25, -0.2) is 4.79 Å². The maximum atomic E-state index is 11.4. The number of carbonyl (C=O) groups is 1. The Labute approximate surface area is 94.1 Å². The number of esters is 1. The highest BCUT2D eigenvalue weighted by Crippen LogP contribution is 2.27. The topological polar surface area (TPSA) is 63.2 Å². The highest BCUT2D eigenvalue weighted by molar-refractivity contribution is 5.89. The number of rotatable bonds is 6. The van der Waals surface area contributed by atoms with Gasteiger partial charge >= 0.3 is 5.97 Å². The van der Waals surface area contributed by atoms with Crippen molar-refractivity contribution in [2.75, 3.05) is 35.0 Å². The molecule has 0 N–H and O–H groups in total. The molecule has 0 radical (unpaired) electrons. The predicted octanol–water partition coefficient (Wildman–Crippen LogP) is 0.0776. The average Bonchev–Trinajstić information content (AvgIpc) is 2.61. The van der Waals surface area contributed by atoms with Gasteiger partial charge in [0.1, 0.15) is 6.10 Å². The summed E-state index contributed by atoms with van der Waals surface area (Å²) in [6.07, 6.45) is -1.05. The first-order chi connectivity index (χ1) is 7.69. The second-order valence-corrected chi connectivity index (χ2v) is 3.16. The van der Waals surface area contributed by atoms with Crippen molar-refractivity contribution < 1.29 is 28.5 Å². The van der Waals surface area contributed by atoms with Crippen LogP contribution in [-0.2, 0) is 28.5 Å². The van der Waals surface area contributed by atoms with Crippen LogP contribution in [0.4, 0.5) is 0 Å². The summed E-state index contributed by atoms with van der Waals surface area (Å²) in [5.74, 6) is -0.149. The minimum atomic E-state index is -0.627. The molecule has 0 spiro atoms. The fourth-order valence-electron chi connectivity index (χ4n) is 1.53. The molecule has 6 heteroatoms. The third kappa shape index (κ3) is 2.28. The van der Waals surface area contributed by atoms with E-state index >= 15 is 0 Å². The molecule has 0 fully saturated rings. The van der Waals surface area contributed by atoms with Gasteiger partial charge in [-0.1, -0.05) is 0 Å². The molecule has 2 atom stereocenters. The van der Waals surface area contributed by atoms with Crippen molar-refractivity contribution in [3.63, 3.8) is 0 Å². The lowest BCUT2D eigenvalue weighted by molar-refractivity contribution is -0.150. The van der Waals surface area contributed by atoms with E-state index in [9.17, 15) is 4.79 Å². The molecule has 0 aliphatic carbocycles. The van der Waals surface area contributed by atoms with Gasteiger partial charge in [-0.15, -0.1) is 0 Å². The lowest BCUT2D eigenvalue weighted by Crippen LogP contribution is -2.34. The second kappa shape index (κ2) is 5.72. The zero-order chi connectivity index (χ0) is 12.1. The first-order valence-electron chi connectivity index (χ1n) is 4.74. The summed E-state index contributed by atoms with van der Waals surface area (Å²) in [4.78, 5) is 11.4. The fourth-order valence-corrected chi connectivity index (χ4v) is 1.53. The minimum absolute atomic E-state index is 0.0747. The molecule has 0 bridgehead atoms. The smallest absolute Gasteiger partial charge is 0.378 e. The molecule has 6 nitrogen and oxygen atoms in total. The van der Waals surface area contributed by atoms with Crippen molar-refractivity contribution in [1.29, 1.82) is 0 Å². The van der Waals surface area contributed by atoms with Crippen LogP contribution in [0.3, 0.4) is 0 Å². The highest BCUT2D eigenvalue weighted by atomic mass is 16.6. The normalized spacial score (nSPS) is 22.0. The molecule has 0 aromatic heterocycles. The van der Waals surface area contributed by atoms with Crippen LogP contribution in [-0.4, -0.2) is 53.2 Å². The molecule has 1 rings (SSSR count). The number of cyclic esters (lactones) is 1. The molecule has 0 aromatic rings. The van der Waals surface area contributed by atoms with Crippen LogP contribution in [0.1, 0.15) is 0 Å². The van der Waals surface area contributed by atoms with E-state index in [0.29, 0.717) is 5.76 Å². The Balaban J connectivity index is 2.89. The van der Waals surface area contributed by atoms with Crippen LogP contribution in [0.2, 0.25) is 0 Å². The van der Waals surface area contributed by atoms with E-state index in [0.717, 1.165) is 0 Å². The van der Waals surface area contributed by atoms with Crippen LogP contribution in [0.15, 0.2) is 11.5 Å². The van der Waals surface area contributed by atoms with Gasteiger partial charge in [0.25, 0.3) is 0 Å². The van der Waals surface area contributed by atoms with Gasteiger partial charge in [0.2, 0.25) is 5.76 Å². The Morgan fingerprint density at radius 1 is 1.25 bits per heavy atom. The van der Waals surface area contributed by atoms with Crippen LogP contribution >= 0.6 is 0 Å². The minimum Gasteiger partial charge on any atom is -0.493 e. The molecule has 2 unspecified atom stereocenters. The van der Waals surface area contributed by atoms with E-state index in [1.807, 2.05) is 0 Å². The molecular weight excluding hydrogens is 216 g/mol. The van der Waals surface area contributed by atoms with Gasteiger partial charge < -0.3 is 23.7 Å². The number of methoxy groups -OCH3 is 4. The number of hydrogen-bond acceptors (Lipinski definition) is 6. The molecule has 0 saturated carbocycles. The first kappa shape index (κ1) is 12.8. The second-order valence-electron chi connectivity index (χ2n) is 3.16. The fraction of sp³-hybridized carbons (Fsp3) is 0.700. The summed E-state index contributed by atoms with van der Waals surface area (Å²) in [7, 11) is 5.88. The van der Waals surface area contributed by atoms with E-state index in [-0.39, 0.29) is 12.4 Å². The summed E-state index contributed by atoms with van der Waals surface area (Å²) < 4.78 is 25.3. The van der Waals surface area contributed by atoms with Crippen LogP contribution in [0.25, 0.3) is 0 Å². The quantitative estimate of drug-likeness (QED) is 0.604. The highest BCUT2D eigenvalue weighted by Gasteiger charge is 2.42. The average molecular weight is 232 g/mol. The summed E-state index contributed by atoms with van der Waals surface area (Å²) in [5, 5.41) is 0. The third-order valence-corrected chi connectivity index (χ3v) is 2.30. The summed E-state index contributed by atoms with van der Waals surface area (Å²) >= 11 is 0. The van der Waals surface area contributed by atoms with Gasteiger partial charge in [-0.05, 0) is 0 Å². The maximum absolute atomic E-state index is 11.4. The molecule has 0 amide bonds. The van der Waals surface area contributed by atoms with E-state index in [2.05, 4.69) is 0 Å². The van der Waals surface area contributed by atoms with E-state index in [1.54, 1.807) is 0 Å². The van der Waals surface area contributed by atoms with Crippen molar-refractivity contribution in [1.82, 2.24) is 0 Å². The Kier molecular flexibility index (Phi) is 4.57. The molecule has 1 aliphatic rings. The lowest BCUT2D eigenvalue weighted by Gasteiger charge is -2.21. The molecular formula is C10H16O6. The molecule has 0 aromatic carbocycles. The first-order valence-corrected chi connectivity index (χ1v) is 4.74. The molecule has 1 aliphatic heterocycles. The van der Waals surface area contributed by atoms with Crippen molar-refractivity contribution in [3.8, 4) is 0 Å². The third-order valence-electron chi connectivity index (χ3n) is 2.30. The van der Waals surface area contributed by atoms with Crippen molar-refractivity contribution in [3.05, 3.63) is 11.5 Å². The number of ether oxygens (including phenoxy) is 5. The molecule has 1 heterocycles. The Bertz CT molecular complexity index is 285. The number of carbonyl (C=O) groups excluding carboxylic acids is 1. The van der Waals surface area contributed by atoms with Crippen molar-refractivity contribution in [2.45, 2.75) is 12.2 Å². The van der Waals surface area contributed by atoms with Gasteiger partial charge in [0.05, 0.1) is 20.8 Å². The summed E-state index contributed by atoms with van der Waals surface area (Å²) in [6, 6.07) is 0. The van der Waals surface area contributed by atoms with Gasteiger partial charge in [-0.3, -0.25) is 0 Å². The molecule has 92 valence electrons. The largest absolute Gasteiger partial charge is 0.493 e. The van der Waals surface area contributed by atoms with Gasteiger partial charge in [-0.2, -0.15) is 0 Å². The van der Waals surface area contributed by atoms with Gasteiger partial charge in [0.15, 0.2) is 11.9 Å². The summed E-state index contributed by atoms with van der Waals surface area (Å²) in [6.45, 7) is 0.290. The zero-order valence-electron chi connectivity index (χ0n) is 9.81. The van der Waals surface area contributed by atoms with Crippen molar-refractivity contribution in [2.24, 2.45) is 0 Å². The van der Waals surface area contributed by atoms with Crippen molar-refractivity contribution >= 4 is 5.97 Å². The summed E-state index contributed by atoms with van der Waals surface area (Å²) in [5.41, 5.74) is 0. The van der Waals surface area contributed by atoms with Crippen LogP contribution in [0, 0.1) is 0 Å². The predicted molar refractivity (Wildman–Crippen MR) is 53.6 cm³/mol. The Morgan fingerprint density at radius 2 is 1.94 bits per heavy atom. The zero-order valence-corrected chi connectivity index (χ0v) is 9.81. The Morgan fingerprint density at radius 3 is 2.38 bits per heavy atom. The van der Waals surface area contributed by atoms with E-state index in [1.165, 1.54) is 28.4 Å². The molecule has 16 heavy (non-hydrogen) atoms. The molecule has 0 saturated heterocycles. The van der Waals surface area contributed by atoms with E-state index in [4.69, 9.17) is 23.7 Å². The SMILES string of the molecule is COCC(OC)C1OC(=O)C(OC)=C1OC. The Hall–Kier alpha value is -1.27. The standard InChI is InChI=1S/C10H16O6/c1-12-5-6(13-2)7-8(14-3)9(15-4)10(11)16-7/h6-7H,5H2,1-4H3. The van der Waals surface area contributed by atoms with Gasteiger partial charge in [0, 0.05) is 14.2 Å². The van der Waals surface area contributed by atoms with Crippen LogP contribution in [0.5, 0.6) is 0 Å². The lowest BCUT2D eigenvalue weighted by atomic mass is 10.2. The maximum Gasteiger partial charge on any atom is 0.378 e. The van der Waals surface area contributed by atoms with E-state index < -0.39 is 18.2 Å². The van der Waals surface area contributed by atoms with Crippen LogP contribution < -0.4 is 0 Å². The monoisotopic (exact) mass is 232 g/mol.